The fourth-order valence-electron chi connectivity index (χ4n) is 5.27. The third-order valence-corrected chi connectivity index (χ3v) is 7.14. The number of imide groups is 1. The Labute approximate surface area is 211 Å². The predicted octanol–water partition coefficient (Wildman–Crippen LogP) is 2.34. The highest BCUT2D eigenvalue weighted by atomic mass is 16.5. The summed E-state index contributed by atoms with van der Waals surface area (Å²) in [4.78, 5) is 55.5. The Morgan fingerprint density at radius 2 is 1.83 bits per heavy atom. The Balaban J connectivity index is 1.66. The van der Waals surface area contributed by atoms with Gasteiger partial charge in [-0.05, 0) is 30.0 Å². The van der Waals surface area contributed by atoms with Crippen molar-refractivity contribution in [1.82, 2.24) is 15.1 Å². The number of amides is 4. The predicted molar refractivity (Wildman–Crippen MR) is 134 cm³/mol. The molecule has 2 atom stereocenters. The van der Waals surface area contributed by atoms with Crippen molar-refractivity contribution in [2.24, 2.45) is 0 Å². The third-order valence-electron chi connectivity index (χ3n) is 7.14. The first-order valence-electron chi connectivity index (χ1n) is 12.3. The van der Waals surface area contributed by atoms with E-state index < -0.39 is 5.41 Å². The molecule has 0 spiro atoms. The molecule has 190 valence electrons. The van der Waals surface area contributed by atoms with Crippen LogP contribution in [0.4, 0.5) is 0 Å². The molecule has 8 heteroatoms. The van der Waals surface area contributed by atoms with Crippen molar-refractivity contribution in [2.75, 3.05) is 26.8 Å². The summed E-state index contributed by atoms with van der Waals surface area (Å²) in [7, 11) is 1.52. The lowest BCUT2D eigenvalue weighted by Crippen LogP contribution is -2.47. The van der Waals surface area contributed by atoms with E-state index in [4.69, 9.17) is 4.74 Å². The third kappa shape index (κ3) is 5.33. The summed E-state index contributed by atoms with van der Waals surface area (Å²) in [6, 6.07) is 16.9. The number of likely N-dealkylation sites (tertiary alicyclic amines) is 1. The Kier molecular flexibility index (Phi) is 7.84. The van der Waals surface area contributed by atoms with Crippen LogP contribution in [-0.4, -0.2) is 66.3 Å². The molecule has 2 aromatic rings. The summed E-state index contributed by atoms with van der Waals surface area (Å²) in [5.41, 5.74) is 1.24. The molecule has 36 heavy (non-hydrogen) atoms. The fraction of sp³-hybridized carbons (Fsp3) is 0.429. The van der Waals surface area contributed by atoms with Gasteiger partial charge in [-0.25, -0.2) is 0 Å². The van der Waals surface area contributed by atoms with Crippen LogP contribution >= 0.6 is 0 Å². The van der Waals surface area contributed by atoms with E-state index in [1.165, 1.54) is 12.0 Å². The number of methoxy groups -OCH3 is 1. The van der Waals surface area contributed by atoms with Gasteiger partial charge in [0, 0.05) is 45.5 Å². The zero-order chi connectivity index (χ0) is 25.7. The molecule has 2 aliphatic rings. The number of carbonyl (C=O) groups excluding carboxylic acids is 4. The summed E-state index contributed by atoms with van der Waals surface area (Å²) in [6.07, 6.45) is 0.903. The molecule has 0 unspecified atom stereocenters. The van der Waals surface area contributed by atoms with Crippen LogP contribution in [0.15, 0.2) is 54.6 Å². The minimum absolute atomic E-state index is 0.0196. The van der Waals surface area contributed by atoms with Crippen LogP contribution in [0.3, 0.4) is 0 Å². The molecule has 0 aromatic heterocycles. The highest BCUT2D eigenvalue weighted by molar-refractivity contribution is 6.11. The maximum absolute atomic E-state index is 13.9. The quantitative estimate of drug-likeness (QED) is 0.515. The zero-order valence-corrected chi connectivity index (χ0v) is 20.9. The smallest absolute Gasteiger partial charge is 0.240 e. The summed E-state index contributed by atoms with van der Waals surface area (Å²) in [5.74, 6) is -0.904. The van der Waals surface area contributed by atoms with Crippen LogP contribution in [0.25, 0.3) is 0 Å². The normalized spacial score (nSPS) is 21.7. The number of nitrogens with zero attached hydrogens (tertiary/aromatic N) is 2. The van der Waals surface area contributed by atoms with Gasteiger partial charge in [-0.3, -0.25) is 24.1 Å². The highest BCUT2D eigenvalue weighted by Crippen LogP contribution is 2.41. The second-order valence-electron chi connectivity index (χ2n) is 9.66. The topological polar surface area (TPSA) is 96.0 Å². The lowest BCUT2D eigenvalue weighted by atomic mass is 9.74. The number of aryl methyl sites for hydroxylation is 1. The Hall–Kier alpha value is -3.52. The van der Waals surface area contributed by atoms with Crippen molar-refractivity contribution in [3.05, 3.63) is 71.3 Å². The number of rotatable bonds is 10. The maximum Gasteiger partial charge on any atom is 0.240 e. The average molecular weight is 492 g/mol. The number of benzene rings is 2. The Morgan fingerprint density at radius 3 is 2.50 bits per heavy atom. The van der Waals surface area contributed by atoms with Crippen molar-refractivity contribution in [3.63, 3.8) is 0 Å². The van der Waals surface area contributed by atoms with Gasteiger partial charge in [0.25, 0.3) is 0 Å². The fourth-order valence-corrected chi connectivity index (χ4v) is 5.27. The Morgan fingerprint density at radius 1 is 1.11 bits per heavy atom. The van der Waals surface area contributed by atoms with Gasteiger partial charge < -0.3 is 15.0 Å². The first kappa shape index (κ1) is 25.6. The summed E-state index contributed by atoms with van der Waals surface area (Å²) < 4.78 is 5.11. The molecule has 4 amide bonds. The van der Waals surface area contributed by atoms with Gasteiger partial charge in [-0.1, -0.05) is 54.6 Å². The molecule has 1 N–H and O–H groups in total. The molecule has 2 aromatic carbocycles. The molecular formula is C28H33N3O5. The van der Waals surface area contributed by atoms with Crippen LogP contribution in [0, 0.1) is 6.92 Å². The Bertz CT molecular complexity index is 1140. The molecule has 2 saturated heterocycles. The summed E-state index contributed by atoms with van der Waals surface area (Å²) >= 11 is 0. The molecule has 0 aliphatic carbocycles. The molecule has 0 bridgehead atoms. The van der Waals surface area contributed by atoms with Crippen molar-refractivity contribution in [3.8, 4) is 0 Å². The number of hydrogen-bond donors (Lipinski definition) is 1. The largest absolute Gasteiger partial charge is 0.383 e. The van der Waals surface area contributed by atoms with E-state index in [-0.39, 0.29) is 55.7 Å². The van der Waals surface area contributed by atoms with E-state index in [1.807, 2.05) is 61.5 Å². The van der Waals surface area contributed by atoms with Gasteiger partial charge in [0.05, 0.1) is 18.6 Å². The zero-order valence-electron chi connectivity index (χ0n) is 20.9. The van der Waals surface area contributed by atoms with Crippen LogP contribution in [0.1, 0.15) is 42.4 Å². The van der Waals surface area contributed by atoms with E-state index >= 15 is 0 Å². The van der Waals surface area contributed by atoms with Crippen molar-refractivity contribution in [1.29, 1.82) is 0 Å². The first-order valence-corrected chi connectivity index (χ1v) is 12.3. The van der Waals surface area contributed by atoms with E-state index in [2.05, 4.69) is 5.32 Å². The standard InChI is InChI=1S/C28H33N3O5/c1-20-8-6-7-11-23(20)28(17-26(34)31(27(28)35)14-15-36-2)16-25(33)30(18-21-9-4-3-5-10-21)19-22-12-13-24(32)29-22/h3-11,22H,12-19H2,1-2H3,(H,29,32)/t22-,28-/m0/s1. The molecule has 0 saturated carbocycles. The van der Waals surface area contributed by atoms with Crippen LogP contribution in [0.5, 0.6) is 0 Å². The summed E-state index contributed by atoms with van der Waals surface area (Å²) in [6.45, 7) is 2.98. The lowest BCUT2D eigenvalue weighted by Gasteiger charge is -2.32. The van der Waals surface area contributed by atoms with E-state index in [1.54, 1.807) is 4.90 Å². The molecule has 2 aliphatic heterocycles. The minimum Gasteiger partial charge on any atom is -0.383 e. The maximum atomic E-state index is 13.9. The summed E-state index contributed by atoms with van der Waals surface area (Å²) in [5, 5.41) is 2.94. The second kappa shape index (κ2) is 11.0. The van der Waals surface area contributed by atoms with Gasteiger partial charge in [0.1, 0.15) is 0 Å². The molecule has 4 rings (SSSR count). The molecule has 2 fully saturated rings. The van der Waals surface area contributed by atoms with E-state index in [0.717, 1.165) is 11.1 Å². The lowest BCUT2D eigenvalue weighted by molar-refractivity contribution is -0.143. The van der Waals surface area contributed by atoms with E-state index in [9.17, 15) is 19.2 Å². The molecule has 2 heterocycles. The van der Waals surface area contributed by atoms with Gasteiger partial charge in [-0.2, -0.15) is 0 Å². The SMILES string of the molecule is COCCN1C(=O)C[C@@](CC(=O)N(Cc2ccccc2)C[C@@H]2CCC(=O)N2)(c2ccccc2C)C1=O. The number of nitrogens with one attached hydrogen (secondary N) is 1. The number of ether oxygens (including phenoxy) is 1. The van der Waals surface area contributed by atoms with Crippen molar-refractivity contribution < 1.29 is 23.9 Å². The van der Waals surface area contributed by atoms with Gasteiger partial charge in [-0.15, -0.1) is 0 Å². The highest BCUT2D eigenvalue weighted by Gasteiger charge is 2.54. The molecular weight excluding hydrogens is 458 g/mol. The van der Waals surface area contributed by atoms with E-state index in [0.29, 0.717) is 31.5 Å². The average Bonchev–Trinajstić information content (AvgIpc) is 3.38. The number of carbonyl (C=O) groups is 4. The number of hydrogen-bond acceptors (Lipinski definition) is 5. The second-order valence-corrected chi connectivity index (χ2v) is 9.66. The molecule has 8 nitrogen and oxygen atoms in total. The van der Waals surface area contributed by atoms with Crippen molar-refractivity contribution >= 4 is 23.6 Å². The van der Waals surface area contributed by atoms with Gasteiger partial charge in [0.15, 0.2) is 0 Å². The van der Waals surface area contributed by atoms with Crippen molar-refractivity contribution in [2.45, 2.75) is 50.6 Å². The van der Waals surface area contributed by atoms with Gasteiger partial charge >= 0.3 is 0 Å². The monoisotopic (exact) mass is 491 g/mol. The van der Waals surface area contributed by atoms with Gasteiger partial charge in [0.2, 0.25) is 23.6 Å². The van der Waals surface area contributed by atoms with Crippen LogP contribution in [0.2, 0.25) is 0 Å². The molecule has 0 radical (unpaired) electrons. The first-order chi connectivity index (χ1) is 17.3. The van der Waals surface area contributed by atoms with Crippen LogP contribution < -0.4 is 5.32 Å². The van der Waals surface area contributed by atoms with Crippen LogP contribution in [-0.2, 0) is 35.9 Å². The minimum atomic E-state index is -1.28.